The molecule has 2 aromatic carbocycles. The summed E-state index contributed by atoms with van der Waals surface area (Å²) >= 11 is 0. The number of nitrogens with zero attached hydrogens (tertiary/aromatic N) is 3. The first-order chi connectivity index (χ1) is 14.4. The normalized spacial score (nSPS) is 10.9. The average Bonchev–Trinajstić information content (AvgIpc) is 2.76. The van der Waals surface area contributed by atoms with Crippen molar-refractivity contribution in [3.05, 3.63) is 78.0 Å². The van der Waals surface area contributed by atoms with Crippen LogP contribution < -0.4 is 15.4 Å². The van der Waals surface area contributed by atoms with Gasteiger partial charge in [-0.05, 0) is 42.0 Å². The van der Waals surface area contributed by atoms with Gasteiger partial charge < -0.3 is 15.4 Å². The molecule has 0 aliphatic rings. The summed E-state index contributed by atoms with van der Waals surface area (Å²) in [4.78, 5) is 11.0. The number of pyridine rings is 2. The van der Waals surface area contributed by atoms with E-state index < -0.39 is 11.6 Å². The number of hydrogen-bond acceptors (Lipinski definition) is 5. The van der Waals surface area contributed by atoms with Gasteiger partial charge in [0.05, 0.1) is 18.3 Å². The van der Waals surface area contributed by atoms with Crippen molar-refractivity contribution < 1.29 is 13.5 Å². The van der Waals surface area contributed by atoms with Crippen LogP contribution >= 0.6 is 0 Å². The Balaban J connectivity index is 1.66. The Morgan fingerprint density at radius 3 is 2.53 bits per heavy atom. The highest BCUT2D eigenvalue weighted by molar-refractivity contribution is 5.83. The van der Waals surface area contributed by atoms with Crippen molar-refractivity contribution in [2.24, 2.45) is 0 Å². The molecule has 0 fully saturated rings. The number of nitrogen functional groups attached to an aromatic ring is 1. The standard InChI is InChI=1S/C23H20F2N4O/c1-29(13-14-3-6-17(30-2)7-4-14)22-11-21-15(12-27-22)5-8-20(28-21)18-9-16(26)10-19(24)23(18)25/h3-12H,13,26H2,1-2H3. The molecule has 5 nitrogen and oxygen atoms in total. The van der Waals surface area contributed by atoms with Crippen LogP contribution in [0.4, 0.5) is 20.3 Å². The molecule has 4 rings (SSSR count). The summed E-state index contributed by atoms with van der Waals surface area (Å²) in [7, 11) is 3.56. The van der Waals surface area contributed by atoms with E-state index in [1.807, 2.05) is 42.3 Å². The molecule has 0 saturated carbocycles. The summed E-state index contributed by atoms with van der Waals surface area (Å²) in [6.07, 6.45) is 1.71. The number of ether oxygens (including phenoxy) is 1. The molecule has 0 aliphatic heterocycles. The van der Waals surface area contributed by atoms with Gasteiger partial charge in [0.15, 0.2) is 11.6 Å². The maximum absolute atomic E-state index is 14.3. The van der Waals surface area contributed by atoms with Crippen LogP contribution in [0.1, 0.15) is 5.56 Å². The topological polar surface area (TPSA) is 64.3 Å². The molecule has 0 atom stereocenters. The lowest BCUT2D eigenvalue weighted by Gasteiger charge is -2.19. The van der Waals surface area contributed by atoms with Gasteiger partial charge in [0.1, 0.15) is 11.6 Å². The highest BCUT2D eigenvalue weighted by Gasteiger charge is 2.14. The van der Waals surface area contributed by atoms with Crippen LogP contribution in [-0.2, 0) is 6.54 Å². The number of halogens is 2. The molecule has 2 heterocycles. The first-order valence-corrected chi connectivity index (χ1v) is 9.30. The van der Waals surface area contributed by atoms with E-state index in [0.717, 1.165) is 22.8 Å². The summed E-state index contributed by atoms with van der Waals surface area (Å²) < 4.78 is 33.2. The van der Waals surface area contributed by atoms with Gasteiger partial charge in [-0.15, -0.1) is 0 Å². The molecule has 4 aromatic rings. The molecule has 2 aromatic heterocycles. The maximum atomic E-state index is 14.3. The Kier molecular flexibility index (Phi) is 5.18. The number of fused-ring (bicyclic) bond motifs is 1. The number of rotatable bonds is 5. The first kappa shape index (κ1) is 19.6. The Bertz CT molecular complexity index is 1210. The van der Waals surface area contributed by atoms with E-state index in [9.17, 15) is 8.78 Å². The molecule has 0 aliphatic carbocycles. The molecule has 0 spiro atoms. The van der Waals surface area contributed by atoms with Crippen molar-refractivity contribution in [3.63, 3.8) is 0 Å². The van der Waals surface area contributed by atoms with Gasteiger partial charge in [-0.25, -0.2) is 18.7 Å². The van der Waals surface area contributed by atoms with Crippen LogP contribution in [-0.4, -0.2) is 24.1 Å². The minimum absolute atomic E-state index is 0.0272. The molecule has 0 saturated heterocycles. The van der Waals surface area contributed by atoms with Crippen molar-refractivity contribution in [2.45, 2.75) is 6.54 Å². The Morgan fingerprint density at radius 1 is 1.03 bits per heavy atom. The molecule has 0 radical (unpaired) electrons. The number of benzene rings is 2. The van der Waals surface area contributed by atoms with Crippen molar-refractivity contribution in [1.82, 2.24) is 9.97 Å². The summed E-state index contributed by atoms with van der Waals surface area (Å²) in [5, 5.41) is 0.796. The lowest BCUT2D eigenvalue weighted by Crippen LogP contribution is -2.17. The molecular formula is C23H20F2N4O. The third-order valence-electron chi connectivity index (χ3n) is 4.86. The van der Waals surface area contributed by atoms with Crippen molar-refractivity contribution in [1.29, 1.82) is 0 Å². The van der Waals surface area contributed by atoms with Crippen molar-refractivity contribution in [3.8, 4) is 17.0 Å². The molecular weight excluding hydrogens is 386 g/mol. The van der Waals surface area contributed by atoms with Crippen LogP contribution in [0.15, 0.2) is 60.8 Å². The van der Waals surface area contributed by atoms with E-state index >= 15 is 0 Å². The molecule has 30 heavy (non-hydrogen) atoms. The van der Waals surface area contributed by atoms with Gasteiger partial charge in [-0.3, -0.25) is 0 Å². The second-order valence-electron chi connectivity index (χ2n) is 7.00. The van der Waals surface area contributed by atoms with E-state index in [1.165, 1.54) is 6.07 Å². The van der Waals surface area contributed by atoms with Gasteiger partial charge in [0, 0.05) is 42.5 Å². The smallest absolute Gasteiger partial charge is 0.168 e. The van der Waals surface area contributed by atoms with Crippen LogP contribution in [0.5, 0.6) is 5.75 Å². The van der Waals surface area contributed by atoms with E-state index in [4.69, 9.17) is 10.5 Å². The predicted octanol–water partition coefficient (Wildman–Crippen LogP) is 4.80. The Hall–Kier alpha value is -3.74. The SMILES string of the molecule is COc1ccc(CN(C)c2cc3nc(-c4cc(N)cc(F)c4F)ccc3cn2)cc1. The highest BCUT2D eigenvalue weighted by atomic mass is 19.2. The van der Waals surface area contributed by atoms with Crippen LogP contribution in [0, 0.1) is 11.6 Å². The van der Waals surface area contributed by atoms with Gasteiger partial charge in [0.2, 0.25) is 0 Å². The number of hydrogen-bond donors (Lipinski definition) is 1. The maximum Gasteiger partial charge on any atom is 0.168 e. The van der Waals surface area contributed by atoms with E-state index in [0.29, 0.717) is 23.6 Å². The zero-order valence-electron chi connectivity index (χ0n) is 16.6. The number of anilines is 2. The van der Waals surface area contributed by atoms with Gasteiger partial charge in [0.25, 0.3) is 0 Å². The molecule has 152 valence electrons. The average molecular weight is 406 g/mol. The number of methoxy groups -OCH3 is 1. The third kappa shape index (κ3) is 3.87. The highest BCUT2D eigenvalue weighted by Crippen LogP contribution is 2.28. The Labute approximate surface area is 172 Å². The van der Waals surface area contributed by atoms with E-state index in [-0.39, 0.29) is 11.3 Å². The zero-order chi connectivity index (χ0) is 21.3. The fraction of sp³-hybridized carbons (Fsp3) is 0.130. The molecule has 0 bridgehead atoms. The lowest BCUT2D eigenvalue weighted by molar-refractivity contribution is 0.414. The summed E-state index contributed by atoms with van der Waals surface area (Å²) in [5.41, 5.74) is 7.87. The second-order valence-corrected chi connectivity index (χ2v) is 7.00. The quantitative estimate of drug-likeness (QED) is 0.482. The third-order valence-corrected chi connectivity index (χ3v) is 4.86. The van der Waals surface area contributed by atoms with Gasteiger partial charge >= 0.3 is 0 Å². The monoisotopic (exact) mass is 406 g/mol. The molecule has 2 N–H and O–H groups in total. The fourth-order valence-electron chi connectivity index (χ4n) is 3.25. The minimum Gasteiger partial charge on any atom is -0.497 e. The summed E-state index contributed by atoms with van der Waals surface area (Å²) in [6, 6.07) is 15.4. The second kappa shape index (κ2) is 7.94. The number of aromatic nitrogens is 2. The van der Waals surface area contributed by atoms with Crippen LogP contribution in [0.25, 0.3) is 22.2 Å². The van der Waals surface area contributed by atoms with Gasteiger partial charge in [-0.1, -0.05) is 12.1 Å². The fourth-order valence-corrected chi connectivity index (χ4v) is 3.25. The van der Waals surface area contributed by atoms with E-state index in [2.05, 4.69) is 9.97 Å². The Morgan fingerprint density at radius 2 is 1.80 bits per heavy atom. The lowest BCUT2D eigenvalue weighted by atomic mass is 10.1. The van der Waals surface area contributed by atoms with Crippen LogP contribution in [0.3, 0.4) is 0 Å². The van der Waals surface area contributed by atoms with Crippen molar-refractivity contribution in [2.75, 3.05) is 24.8 Å². The summed E-state index contributed by atoms with van der Waals surface area (Å²) in [5.74, 6) is -0.460. The van der Waals surface area contributed by atoms with Crippen molar-refractivity contribution >= 4 is 22.4 Å². The molecule has 7 heteroatoms. The van der Waals surface area contributed by atoms with E-state index in [1.54, 1.807) is 25.4 Å². The minimum atomic E-state index is -0.999. The summed E-state index contributed by atoms with van der Waals surface area (Å²) in [6.45, 7) is 0.636. The van der Waals surface area contributed by atoms with Crippen LogP contribution in [0.2, 0.25) is 0 Å². The predicted molar refractivity (Wildman–Crippen MR) is 114 cm³/mol. The molecule has 0 amide bonds. The zero-order valence-corrected chi connectivity index (χ0v) is 16.6. The first-order valence-electron chi connectivity index (χ1n) is 9.30. The largest absolute Gasteiger partial charge is 0.497 e. The molecule has 0 unspecified atom stereocenters. The number of nitrogens with two attached hydrogens (primary N) is 1. The van der Waals surface area contributed by atoms with Gasteiger partial charge in [-0.2, -0.15) is 0 Å².